The summed E-state index contributed by atoms with van der Waals surface area (Å²) in [5.74, 6) is 0. The van der Waals surface area contributed by atoms with Crippen molar-refractivity contribution in [3.63, 3.8) is 0 Å². The minimum absolute atomic E-state index is 0.677. The highest BCUT2D eigenvalue weighted by Gasteiger charge is 2.18. The van der Waals surface area contributed by atoms with Crippen molar-refractivity contribution in [2.45, 2.75) is 0 Å². The second-order valence-corrected chi connectivity index (χ2v) is 8.13. The van der Waals surface area contributed by atoms with Crippen LogP contribution in [-0.4, -0.2) is 29.6 Å². The maximum absolute atomic E-state index is 5.94. The third-order valence-corrected chi connectivity index (χ3v) is 6.12. The van der Waals surface area contributed by atoms with Gasteiger partial charge in [0.2, 0.25) is 4.96 Å². The van der Waals surface area contributed by atoms with Crippen LogP contribution in [0.5, 0.6) is 0 Å². The summed E-state index contributed by atoms with van der Waals surface area (Å²) in [5.41, 5.74) is 3.56. The SMILES string of the molecule is Clc1ccc(-n2ncc(-c3nn4c(I)c(-c5ccccc5)nc4s3)n2)cc1. The highest BCUT2D eigenvalue weighted by atomic mass is 127. The van der Waals surface area contributed by atoms with E-state index in [1.54, 1.807) is 11.0 Å². The molecule has 3 heterocycles. The van der Waals surface area contributed by atoms with Gasteiger partial charge in [-0.15, -0.1) is 5.10 Å². The third-order valence-electron chi connectivity index (χ3n) is 3.96. The standard InChI is InChI=1S/C18H10ClIN6S/c19-12-6-8-13(9-7-12)26-21-10-14(23-26)17-24-25-16(20)15(22-18(25)27-17)11-4-2-1-3-5-11/h1-10H. The van der Waals surface area contributed by atoms with E-state index in [1.807, 2.05) is 59.1 Å². The minimum Gasteiger partial charge on any atom is -0.216 e. The zero-order chi connectivity index (χ0) is 18.4. The molecule has 0 fully saturated rings. The topological polar surface area (TPSA) is 60.9 Å². The molecule has 0 aliphatic rings. The van der Waals surface area contributed by atoms with Crippen molar-refractivity contribution >= 4 is 50.5 Å². The summed E-state index contributed by atoms with van der Waals surface area (Å²) in [5, 5.41) is 15.0. The highest BCUT2D eigenvalue weighted by molar-refractivity contribution is 14.1. The second-order valence-electron chi connectivity index (χ2n) is 5.71. The van der Waals surface area contributed by atoms with E-state index >= 15 is 0 Å². The van der Waals surface area contributed by atoms with Gasteiger partial charge in [-0.2, -0.15) is 19.5 Å². The number of benzene rings is 2. The Balaban J connectivity index is 1.52. The number of hydrogen-bond acceptors (Lipinski definition) is 5. The molecule has 9 heteroatoms. The first-order valence-corrected chi connectivity index (χ1v) is 10.3. The summed E-state index contributed by atoms with van der Waals surface area (Å²) in [6.07, 6.45) is 1.71. The monoisotopic (exact) mass is 504 g/mol. The fraction of sp³-hybridized carbons (Fsp3) is 0. The maximum atomic E-state index is 5.94. The summed E-state index contributed by atoms with van der Waals surface area (Å²) in [7, 11) is 0. The molecule has 5 aromatic rings. The zero-order valence-electron chi connectivity index (χ0n) is 13.6. The molecule has 5 rings (SSSR count). The van der Waals surface area contributed by atoms with Gasteiger partial charge in [0.1, 0.15) is 15.1 Å². The van der Waals surface area contributed by atoms with Crippen LogP contribution in [0.2, 0.25) is 5.02 Å². The lowest BCUT2D eigenvalue weighted by Crippen LogP contribution is -1.98. The first-order valence-electron chi connectivity index (χ1n) is 7.98. The van der Waals surface area contributed by atoms with Gasteiger partial charge in [0, 0.05) is 10.6 Å². The molecule has 0 saturated carbocycles. The first-order chi connectivity index (χ1) is 13.2. The Kier molecular flexibility index (Phi) is 4.18. The molecule has 132 valence electrons. The van der Waals surface area contributed by atoms with Crippen LogP contribution in [0.4, 0.5) is 0 Å². The van der Waals surface area contributed by atoms with Gasteiger partial charge in [-0.25, -0.2) is 4.98 Å². The Morgan fingerprint density at radius 1 is 0.963 bits per heavy atom. The maximum Gasteiger partial charge on any atom is 0.214 e. The number of aromatic nitrogens is 6. The van der Waals surface area contributed by atoms with E-state index in [4.69, 9.17) is 16.6 Å². The molecule has 3 aromatic heterocycles. The van der Waals surface area contributed by atoms with Crippen LogP contribution in [0.1, 0.15) is 0 Å². The van der Waals surface area contributed by atoms with Crippen molar-refractivity contribution in [2.75, 3.05) is 0 Å². The van der Waals surface area contributed by atoms with Crippen LogP contribution in [0, 0.1) is 3.70 Å². The Morgan fingerprint density at radius 2 is 1.74 bits per heavy atom. The molecule has 0 unspecified atom stereocenters. The van der Waals surface area contributed by atoms with Crippen molar-refractivity contribution in [1.82, 2.24) is 29.6 Å². The summed E-state index contributed by atoms with van der Waals surface area (Å²) in [4.78, 5) is 7.14. The lowest BCUT2D eigenvalue weighted by atomic mass is 10.2. The predicted octanol–water partition coefficient (Wildman–Crippen LogP) is 4.96. The lowest BCUT2D eigenvalue weighted by molar-refractivity contribution is 0.753. The second kappa shape index (κ2) is 6.70. The largest absolute Gasteiger partial charge is 0.216 e. The third kappa shape index (κ3) is 3.03. The summed E-state index contributed by atoms with van der Waals surface area (Å²) >= 11 is 9.70. The van der Waals surface area contributed by atoms with Crippen molar-refractivity contribution in [3.8, 4) is 27.6 Å². The molecule has 2 aromatic carbocycles. The zero-order valence-corrected chi connectivity index (χ0v) is 17.4. The predicted molar refractivity (Wildman–Crippen MR) is 114 cm³/mol. The summed E-state index contributed by atoms with van der Waals surface area (Å²) < 4.78 is 2.82. The number of nitrogens with zero attached hydrogens (tertiary/aromatic N) is 6. The van der Waals surface area contributed by atoms with E-state index in [1.165, 1.54) is 11.3 Å². The average molecular weight is 505 g/mol. The Labute approximate surface area is 176 Å². The van der Waals surface area contributed by atoms with E-state index in [0.717, 1.165) is 30.6 Å². The van der Waals surface area contributed by atoms with Crippen LogP contribution < -0.4 is 0 Å². The smallest absolute Gasteiger partial charge is 0.214 e. The fourth-order valence-electron chi connectivity index (χ4n) is 2.67. The van der Waals surface area contributed by atoms with E-state index in [2.05, 4.69) is 37.9 Å². The molecule has 0 spiro atoms. The minimum atomic E-state index is 0.677. The van der Waals surface area contributed by atoms with Crippen molar-refractivity contribution < 1.29 is 0 Å². The number of rotatable bonds is 3. The van der Waals surface area contributed by atoms with Gasteiger partial charge in [0.15, 0.2) is 5.01 Å². The van der Waals surface area contributed by atoms with Crippen LogP contribution in [0.15, 0.2) is 60.8 Å². The van der Waals surface area contributed by atoms with Crippen molar-refractivity contribution in [1.29, 1.82) is 0 Å². The Hall–Kier alpha value is -2.30. The highest BCUT2D eigenvalue weighted by Crippen LogP contribution is 2.31. The summed E-state index contributed by atoms with van der Waals surface area (Å²) in [6, 6.07) is 17.5. The normalized spacial score (nSPS) is 11.3. The van der Waals surface area contributed by atoms with Gasteiger partial charge in [0.05, 0.1) is 11.9 Å². The van der Waals surface area contributed by atoms with Gasteiger partial charge < -0.3 is 0 Å². The molecule has 0 atom stereocenters. The van der Waals surface area contributed by atoms with Gasteiger partial charge in [0.25, 0.3) is 0 Å². The molecule has 0 radical (unpaired) electrons. The van der Waals surface area contributed by atoms with Crippen LogP contribution in [-0.2, 0) is 0 Å². The number of hydrogen-bond donors (Lipinski definition) is 0. The first kappa shape index (κ1) is 16.8. The van der Waals surface area contributed by atoms with E-state index in [0.29, 0.717) is 10.7 Å². The molecule has 0 N–H and O–H groups in total. The lowest BCUT2D eigenvalue weighted by Gasteiger charge is -1.98. The molecular formula is C18H10ClIN6S. The molecule has 27 heavy (non-hydrogen) atoms. The van der Waals surface area contributed by atoms with Crippen LogP contribution in [0.25, 0.3) is 32.6 Å². The molecule has 0 amide bonds. The fourth-order valence-corrected chi connectivity index (χ4v) is 4.57. The molecule has 0 aliphatic carbocycles. The van der Waals surface area contributed by atoms with Gasteiger partial charge >= 0.3 is 0 Å². The average Bonchev–Trinajstić information content (AvgIpc) is 3.39. The molecule has 6 nitrogen and oxygen atoms in total. The van der Waals surface area contributed by atoms with Gasteiger partial charge in [-0.3, -0.25) is 0 Å². The quantitative estimate of drug-likeness (QED) is 0.326. The van der Waals surface area contributed by atoms with Gasteiger partial charge in [-0.1, -0.05) is 53.3 Å². The summed E-state index contributed by atoms with van der Waals surface area (Å²) in [6.45, 7) is 0. The van der Waals surface area contributed by atoms with E-state index in [9.17, 15) is 0 Å². The number of fused-ring (bicyclic) bond motifs is 1. The molecular weight excluding hydrogens is 495 g/mol. The van der Waals surface area contributed by atoms with Crippen molar-refractivity contribution in [3.05, 3.63) is 69.5 Å². The molecule has 0 bridgehead atoms. The van der Waals surface area contributed by atoms with Gasteiger partial charge in [-0.05, 0) is 46.9 Å². The Bertz CT molecular complexity index is 1240. The van der Waals surface area contributed by atoms with E-state index < -0.39 is 0 Å². The number of imidazole rings is 1. The number of halogens is 2. The van der Waals surface area contributed by atoms with E-state index in [-0.39, 0.29) is 0 Å². The Morgan fingerprint density at radius 3 is 2.48 bits per heavy atom. The van der Waals surface area contributed by atoms with Crippen LogP contribution in [0.3, 0.4) is 0 Å². The van der Waals surface area contributed by atoms with Crippen molar-refractivity contribution in [2.24, 2.45) is 0 Å². The molecule has 0 saturated heterocycles. The molecule has 0 aliphatic heterocycles. The van der Waals surface area contributed by atoms with Crippen LogP contribution >= 0.6 is 45.5 Å².